The van der Waals surface area contributed by atoms with Crippen molar-refractivity contribution in [1.29, 1.82) is 0 Å². The minimum absolute atomic E-state index is 0.889. The molecule has 2 unspecified atom stereocenters. The molecular formula is C9H16. The summed E-state index contributed by atoms with van der Waals surface area (Å²) in [6.07, 6.45) is 5.00. The van der Waals surface area contributed by atoms with Crippen LogP contribution in [0.3, 0.4) is 0 Å². The number of hydrogen-bond acceptors (Lipinski definition) is 0. The first-order chi connectivity index (χ1) is 4.29. The van der Waals surface area contributed by atoms with Gasteiger partial charge in [0.05, 0.1) is 0 Å². The average molecular weight is 124 g/mol. The lowest BCUT2D eigenvalue weighted by atomic mass is 9.69. The quantitative estimate of drug-likeness (QED) is 0.471. The predicted octanol–water partition coefficient (Wildman–Crippen LogP) is 3.00. The molecule has 1 aliphatic carbocycles. The zero-order valence-electron chi connectivity index (χ0n) is 6.65. The minimum Gasteiger partial charge on any atom is -0.0882 e. The highest BCUT2D eigenvalue weighted by Crippen LogP contribution is 2.40. The Morgan fingerprint density at radius 1 is 1.67 bits per heavy atom. The van der Waals surface area contributed by atoms with Crippen molar-refractivity contribution < 1.29 is 0 Å². The fraction of sp³-hybridized carbons (Fsp3) is 0.778. The number of hydrogen-bond donors (Lipinski definition) is 0. The van der Waals surface area contributed by atoms with E-state index in [-0.39, 0.29) is 0 Å². The Balaban J connectivity index is 2.41. The van der Waals surface area contributed by atoms with E-state index in [1.165, 1.54) is 12.8 Å². The van der Waals surface area contributed by atoms with Crippen LogP contribution < -0.4 is 0 Å². The van der Waals surface area contributed by atoms with Gasteiger partial charge < -0.3 is 0 Å². The van der Waals surface area contributed by atoms with Crippen LogP contribution in [0.15, 0.2) is 11.6 Å². The third kappa shape index (κ3) is 1.03. The molecule has 1 fully saturated rings. The van der Waals surface area contributed by atoms with Crippen LogP contribution in [0.1, 0.15) is 33.6 Å². The largest absolute Gasteiger partial charge is 0.0882 e. The van der Waals surface area contributed by atoms with Gasteiger partial charge in [-0.15, -0.1) is 0 Å². The summed E-state index contributed by atoms with van der Waals surface area (Å²) in [6.45, 7) is 6.78. The van der Waals surface area contributed by atoms with Crippen LogP contribution in [0.25, 0.3) is 0 Å². The lowest BCUT2D eigenvalue weighted by molar-refractivity contribution is 0.287. The first-order valence-electron chi connectivity index (χ1n) is 3.94. The van der Waals surface area contributed by atoms with Gasteiger partial charge in [-0.1, -0.05) is 31.9 Å². The van der Waals surface area contributed by atoms with Crippen LogP contribution in [0.5, 0.6) is 0 Å². The molecule has 0 heteroatoms. The Morgan fingerprint density at radius 3 is 2.67 bits per heavy atom. The van der Waals surface area contributed by atoms with E-state index in [1.54, 1.807) is 5.57 Å². The van der Waals surface area contributed by atoms with Crippen molar-refractivity contribution in [2.75, 3.05) is 0 Å². The second kappa shape index (κ2) is 2.55. The first-order valence-corrected chi connectivity index (χ1v) is 3.94. The van der Waals surface area contributed by atoms with E-state index in [0.29, 0.717) is 0 Å². The van der Waals surface area contributed by atoms with E-state index in [2.05, 4.69) is 26.8 Å². The Bertz CT molecular complexity index is 122. The SMILES string of the molecule is CC=C1CC(CC)C1C. The highest BCUT2D eigenvalue weighted by Gasteiger charge is 2.29. The van der Waals surface area contributed by atoms with Crippen molar-refractivity contribution in [3.05, 3.63) is 11.6 Å². The van der Waals surface area contributed by atoms with Crippen LogP contribution in [-0.2, 0) is 0 Å². The molecule has 1 rings (SSSR count). The van der Waals surface area contributed by atoms with Crippen LogP contribution in [0, 0.1) is 11.8 Å². The molecule has 0 nitrogen and oxygen atoms in total. The van der Waals surface area contributed by atoms with Gasteiger partial charge in [-0.05, 0) is 25.2 Å². The maximum absolute atomic E-state index is 2.34. The van der Waals surface area contributed by atoms with E-state index in [4.69, 9.17) is 0 Å². The smallest absolute Gasteiger partial charge is 0.0200 e. The monoisotopic (exact) mass is 124 g/mol. The third-order valence-corrected chi connectivity index (χ3v) is 2.69. The third-order valence-electron chi connectivity index (χ3n) is 2.69. The molecule has 0 aromatic rings. The van der Waals surface area contributed by atoms with Gasteiger partial charge in [0.1, 0.15) is 0 Å². The summed E-state index contributed by atoms with van der Waals surface area (Å²) in [4.78, 5) is 0. The normalized spacial score (nSPS) is 38.8. The van der Waals surface area contributed by atoms with E-state index in [1.807, 2.05) is 0 Å². The summed E-state index contributed by atoms with van der Waals surface area (Å²) in [5, 5.41) is 0. The maximum Gasteiger partial charge on any atom is -0.0200 e. The summed E-state index contributed by atoms with van der Waals surface area (Å²) in [5.41, 5.74) is 1.67. The first kappa shape index (κ1) is 6.85. The molecule has 0 amide bonds. The molecular weight excluding hydrogens is 108 g/mol. The van der Waals surface area contributed by atoms with Crippen molar-refractivity contribution >= 4 is 0 Å². The molecule has 2 atom stereocenters. The lowest BCUT2D eigenvalue weighted by Gasteiger charge is -2.36. The van der Waals surface area contributed by atoms with E-state index >= 15 is 0 Å². The molecule has 0 aliphatic heterocycles. The Morgan fingerprint density at radius 2 is 2.33 bits per heavy atom. The molecule has 0 saturated heterocycles. The Labute approximate surface area is 58.0 Å². The van der Waals surface area contributed by atoms with Gasteiger partial charge >= 0.3 is 0 Å². The molecule has 52 valence electrons. The van der Waals surface area contributed by atoms with E-state index < -0.39 is 0 Å². The number of rotatable bonds is 1. The van der Waals surface area contributed by atoms with Gasteiger partial charge in [0.2, 0.25) is 0 Å². The molecule has 9 heavy (non-hydrogen) atoms. The predicted molar refractivity (Wildman–Crippen MR) is 41.3 cm³/mol. The fourth-order valence-electron chi connectivity index (χ4n) is 1.69. The summed E-state index contributed by atoms with van der Waals surface area (Å²) >= 11 is 0. The molecule has 0 radical (unpaired) electrons. The van der Waals surface area contributed by atoms with Gasteiger partial charge in [0, 0.05) is 0 Å². The topological polar surface area (TPSA) is 0 Å². The Hall–Kier alpha value is -0.260. The summed E-state index contributed by atoms with van der Waals surface area (Å²) in [7, 11) is 0. The highest BCUT2D eigenvalue weighted by atomic mass is 14.3. The zero-order valence-corrected chi connectivity index (χ0v) is 6.65. The van der Waals surface area contributed by atoms with Crippen molar-refractivity contribution in [3.63, 3.8) is 0 Å². The lowest BCUT2D eigenvalue weighted by Crippen LogP contribution is -2.25. The summed E-state index contributed by atoms with van der Waals surface area (Å²) in [5.74, 6) is 1.89. The average Bonchev–Trinajstić information content (AvgIpc) is 1.87. The van der Waals surface area contributed by atoms with Gasteiger partial charge in [-0.2, -0.15) is 0 Å². The standard InChI is InChI=1S/C9H16/c1-4-8-6-9(5-2)7(8)3/h4,7,9H,5-6H2,1-3H3. The van der Waals surface area contributed by atoms with Crippen LogP contribution in [0.4, 0.5) is 0 Å². The van der Waals surface area contributed by atoms with Gasteiger partial charge in [-0.3, -0.25) is 0 Å². The van der Waals surface area contributed by atoms with Gasteiger partial charge in [0.25, 0.3) is 0 Å². The minimum atomic E-state index is 0.889. The van der Waals surface area contributed by atoms with Crippen molar-refractivity contribution in [1.82, 2.24) is 0 Å². The molecule has 1 saturated carbocycles. The van der Waals surface area contributed by atoms with Crippen LogP contribution in [0.2, 0.25) is 0 Å². The summed E-state index contributed by atoms with van der Waals surface area (Å²) < 4.78 is 0. The molecule has 0 aromatic carbocycles. The van der Waals surface area contributed by atoms with Crippen molar-refractivity contribution in [2.45, 2.75) is 33.6 Å². The second-order valence-corrected chi connectivity index (χ2v) is 3.02. The second-order valence-electron chi connectivity index (χ2n) is 3.02. The van der Waals surface area contributed by atoms with Crippen LogP contribution in [-0.4, -0.2) is 0 Å². The fourth-order valence-corrected chi connectivity index (χ4v) is 1.69. The summed E-state index contributed by atoms with van der Waals surface area (Å²) in [6, 6.07) is 0. The molecule has 0 aromatic heterocycles. The van der Waals surface area contributed by atoms with Gasteiger partial charge in [0.15, 0.2) is 0 Å². The maximum atomic E-state index is 2.34. The van der Waals surface area contributed by atoms with Crippen LogP contribution >= 0.6 is 0 Å². The number of allylic oxidation sites excluding steroid dienone is 2. The van der Waals surface area contributed by atoms with Crippen molar-refractivity contribution in [2.24, 2.45) is 11.8 Å². The molecule has 0 heterocycles. The van der Waals surface area contributed by atoms with E-state index in [9.17, 15) is 0 Å². The van der Waals surface area contributed by atoms with Gasteiger partial charge in [-0.25, -0.2) is 0 Å². The molecule has 0 N–H and O–H groups in total. The highest BCUT2D eigenvalue weighted by molar-refractivity contribution is 5.16. The molecule has 1 aliphatic rings. The Kier molecular flexibility index (Phi) is 1.94. The van der Waals surface area contributed by atoms with E-state index in [0.717, 1.165) is 11.8 Å². The molecule has 0 spiro atoms. The zero-order chi connectivity index (χ0) is 6.85. The molecule has 0 bridgehead atoms. The van der Waals surface area contributed by atoms with Crippen molar-refractivity contribution in [3.8, 4) is 0 Å².